The van der Waals surface area contributed by atoms with Crippen molar-refractivity contribution in [1.82, 2.24) is 15.0 Å². The van der Waals surface area contributed by atoms with Crippen LogP contribution >= 0.6 is 0 Å². The molecule has 3 aromatic heterocycles. The molecule has 0 amide bonds. The molecular formula is C19H13N3. The number of H-pyrrole nitrogens is 2. The summed E-state index contributed by atoms with van der Waals surface area (Å²) in [5.41, 5.74) is 6.60. The van der Waals surface area contributed by atoms with Gasteiger partial charge < -0.3 is 9.97 Å². The molecule has 0 fully saturated rings. The molecule has 3 nitrogen and oxygen atoms in total. The highest BCUT2D eigenvalue weighted by Crippen LogP contribution is 2.31. The zero-order chi connectivity index (χ0) is 14.5. The first kappa shape index (κ1) is 11.6. The van der Waals surface area contributed by atoms with E-state index >= 15 is 0 Å². The molecule has 0 spiro atoms. The van der Waals surface area contributed by atoms with E-state index in [2.05, 4.69) is 57.4 Å². The summed E-state index contributed by atoms with van der Waals surface area (Å²) in [7, 11) is 0. The number of aromatic amines is 2. The number of hydrogen-bond acceptors (Lipinski definition) is 1. The predicted molar refractivity (Wildman–Crippen MR) is 90.9 cm³/mol. The van der Waals surface area contributed by atoms with Gasteiger partial charge in [0.15, 0.2) is 0 Å². The van der Waals surface area contributed by atoms with E-state index in [9.17, 15) is 0 Å². The minimum Gasteiger partial charge on any atom is -0.353 e. The second-order valence-electron chi connectivity index (χ2n) is 5.53. The Labute approximate surface area is 126 Å². The van der Waals surface area contributed by atoms with Crippen LogP contribution in [-0.4, -0.2) is 15.0 Å². The summed E-state index contributed by atoms with van der Waals surface area (Å²) >= 11 is 0. The number of rotatable bonds is 1. The molecule has 2 aromatic carbocycles. The zero-order valence-electron chi connectivity index (χ0n) is 11.8. The van der Waals surface area contributed by atoms with Crippen LogP contribution in [0.3, 0.4) is 0 Å². The van der Waals surface area contributed by atoms with Crippen molar-refractivity contribution in [3.8, 4) is 11.3 Å². The second-order valence-corrected chi connectivity index (χ2v) is 5.53. The Morgan fingerprint density at radius 1 is 0.727 bits per heavy atom. The van der Waals surface area contributed by atoms with Gasteiger partial charge in [-0.3, -0.25) is 4.98 Å². The molecule has 0 saturated heterocycles. The Morgan fingerprint density at radius 3 is 2.45 bits per heavy atom. The number of hydrogen-bond donors (Lipinski definition) is 2. The average Bonchev–Trinajstić information content (AvgIpc) is 3.16. The van der Waals surface area contributed by atoms with Crippen molar-refractivity contribution < 1.29 is 0 Å². The molecule has 0 aliphatic heterocycles. The maximum absolute atomic E-state index is 4.64. The van der Waals surface area contributed by atoms with E-state index in [1.165, 1.54) is 16.3 Å². The highest BCUT2D eigenvalue weighted by molar-refractivity contribution is 6.14. The van der Waals surface area contributed by atoms with Crippen LogP contribution in [0.15, 0.2) is 66.9 Å². The molecule has 3 heterocycles. The largest absolute Gasteiger partial charge is 0.353 e. The third kappa shape index (κ3) is 1.53. The first-order valence-electron chi connectivity index (χ1n) is 7.34. The predicted octanol–water partition coefficient (Wildman–Crippen LogP) is 4.86. The van der Waals surface area contributed by atoms with Gasteiger partial charge in [0, 0.05) is 22.0 Å². The molecule has 5 rings (SSSR count). The SMILES string of the molecule is c1ccc(-c2cc3c(cnc4c5ccccc5[nH]c34)[nH]2)cc1. The van der Waals surface area contributed by atoms with E-state index in [-0.39, 0.29) is 0 Å². The molecule has 104 valence electrons. The Bertz CT molecular complexity index is 1120. The number of benzene rings is 2. The standard InChI is InChI=1S/C19H13N3/c1-2-6-12(7-3-1)16-10-14-17(21-16)11-20-18-13-8-4-5-9-15(13)22-19(14)18/h1-11,21-22H. The van der Waals surface area contributed by atoms with Crippen molar-refractivity contribution in [2.75, 3.05) is 0 Å². The molecule has 3 heteroatoms. The molecule has 0 unspecified atom stereocenters. The summed E-state index contributed by atoms with van der Waals surface area (Å²) in [5, 5.41) is 2.35. The first-order valence-corrected chi connectivity index (χ1v) is 7.34. The molecular weight excluding hydrogens is 270 g/mol. The lowest BCUT2D eigenvalue weighted by molar-refractivity contribution is 1.39. The van der Waals surface area contributed by atoms with Crippen LogP contribution in [0.5, 0.6) is 0 Å². The van der Waals surface area contributed by atoms with Crippen LogP contribution in [0, 0.1) is 0 Å². The number of para-hydroxylation sites is 1. The molecule has 0 radical (unpaired) electrons. The Morgan fingerprint density at radius 2 is 1.55 bits per heavy atom. The molecule has 0 atom stereocenters. The van der Waals surface area contributed by atoms with Crippen LogP contribution < -0.4 is 0 Å². The second kappa shape index (κ2) is 4.21. The van der Waals surface area contributed by atoms with Gasteiger partial charge in [-0.1, -0.05) is 48.5 Å². The van der Waals surface area contributed by atoms with Gasteiger partial charge in [-0.2, -0.15) is 0 Å². The minimum absolute atomic E-state index is 1.03. The number of pyridine rings is 1. The van der Waals surface area contributed by atoms with Crippen molar-refractivity contribution in [3.05, 3.63) is 66.9 Å². The first-order chi connectivity index (χ1) is 10.9. The fraction of sp³-hybridized carbons (Fsp3) is 0. The highest BCUT2D eigenvalue weighted by Gasteiger charge is 2.11. The van der Waals surface area contributed by atoms with Crippen LogP contribution in [0.25, 0.3) is 44.1 Å². The molecule has 0 bridgehead atoms. The fourth-order valence-corrected chi connectivity index (χ4v) is 3.14. The number of aromatic nitrogens is 3. The van der Waals surface area contributed by atoms with Gasteiger partial charge in [0.05, 0.1) is 22.7 Å². The average molecular weight is 283 g/mol. The molecule has 0 saturated carbocycles. The summed E-state index contributed by atoms with van der Waals surface area (Å²) in [6, 6.07) is 20.9. The van der Waals surface area contributed by atoms with E-state index in [0.717, 1.165) is 27.8 Å². The number of nitrogens with one attached hydrogen (secondary N) is 2. The molecule has 0 aliphatic rings. The van der Waals surface area contributed by atoms with Gasteiger partial charge in [-0.25, -0.2) is 0 Å². The van der Waals surface area contributed by atoms with E-state index in [1.807, 2.05) is 24.4 Å². The number of fused-ring (bicyclic) bond motifs is 5. The van der Waals surface area contributed by atoms with Gasteiger partial charge in [0.1, 0.15) is 0 Å². The van der Waals surface area contributed by atoms with Crippen LogP contribution in [0.4, 0.5) is 0 Å². The lowest BCUT2D eigenvalue weighted by atomic mass is 10.1. The monoisotopic (exact) mass is 283 g/mol. The fourth-order valence-electron chi connectivity index (χ4n) is 3.14. The Kier molecular flexibility index (Phi) is 2.22. The van der Waals surface area contributed by atoms with E-state index in [1.54, 1.807) is 0 Å². The van der Waals surface area contributed by atoms with Gasteiger partial charge in [-0.05, 0) is 17.7 Å². The normalized spacial score (nSPS) is 11.6. The van der Waals surface area contributed by atoms with E-state index < -0.39 is 0 Å². The summed E-state index contributed by atoms with van der Waals surface area (Å²) in [4.78, 5) is 11.6. The lowest BCUT2D eigenvalue weighted by Gasteiger charge is -1.94. The maximum Gasteiger partial charge on any atom is 0.0965 e. The van der Waals surface area contributed by atoms with Crippen molar-refractivity contribution in [3.63, 3.8) is 0 Å². The third-order valence-corrected chi connectivity index (χ3v) is 4.20. The maximum atomic E-state index is 4.64. The van der Waals surface area contributed by atoms with Gasteiger partial charge in [-0.15, -0.1) is 0 Å². The van der Waals surface area contributed by atoms with Crippen molar-refractivity contribution in [1.29, 1.82) is 0 Å². The Balaban J connectivity index is 1.87. The van der Waals surface area contributed by atoms with Crippen molar-refractivity contribution >= 4 is 32.8 Å². The zero-order valence-corrected chi connectivity index (χ0v) is 11.8. The molecule has 22 heavy (non-hydrogen) atoms. The molecule has 5 aromatic rings. The smallest absolute Gasteiger partial charge is 0.0965 e. The van der Waals surface area contributed by atoms with Crippen LogP contribution in [0.2, 0.25) is 0 Å². The van der Waals surface area contributed by atoms with Gasteiger partial charge >= 0.3 is 0 Å². The summed E-state index contributed by atoms with van der Waals surface area (Å²) < 4.78 is 0. The molecule has 2 N–H and O–H groups in total. The third-order valence-electron chi connectivity index (χ3n) is 4.20. The van der Waals surface area contributed by atoms with Crippen molar-refractivity contribution in [2.45, 2.75) is 0 Å². The van der Waals surface area contributed by atoms with Gasteiger partial charge in [0.2, 0.25) is 0 Å². The summed E-state index contributed by atoms with van der Waals surface area (Å²) in [6.45, 7) is 0. The number of nitrogens with zero attached hydrogens (tertiary/aromatic N) is 1. The molecule has 0 aliphatic carbocycles. The highest BCUT2D eigenvalue weighted by atomic mass is 14.8. The quantitative estimate of drug-likeness (QED) is 0.453. The minimum atomic E-state index is 1.03. The topological polar surface area (TPSA) is 44.5 Å². The van der Waals surface area contributed by atoms with Crippen LogP contribution in [-0.2, 0) is 0 Å². The van der Waals surface area contributed by atoms with E-state index in [0.29, 0.717) is 0 Å². The van der Waals surface area contributed by atoms with Gasteiger partial charge in [0.25, 0.3) is 0 Å². The summed E-state index contributed by atoms with van der Waals surface area (Å²) in [6.07, 6.45) is 1.92. The lowest BCUT2D eigenvalue weighted by Crippen LogP contribution is -1.77. The van der Waals surface area contributed by atoms with Crippen molar-refractivity contribution in [2.24, 2.45) is 0 Å². The summed E-state index contributed by atoms with van der Waals surface area (Å²) in [5.74, 6) is 0. The van der Waals surface area contributed by atoms with Crippen LogP contribution in [0.1, 0.15) is 0 Å². The van der Waals surface area contributed by atoms with E-state index in [4.69, 9.17) is 0 Å². The Hall–Kier alpha value is -3.07.